The lowest BCUT2D eigenvalue weighted by Crippen LogP contribution is -2.41. The summed E-state index contributed by atoms with van der Waals surface area (Å²) in [6, 6.07) is 7.53. The molecule has 0 aliphatic heterocycles. The Labute approximate surface area is 121 Å². The van der Waals surface area contributed by atoms with Gasteiger partial charge in [0.1, 0.15) is 0 Å². The summed E-state index contributed by atoms with van der Waals surface area (Å²) in [6.45, 7) is 2.41. The van der Waals surface area contributed by atoms with E-state index in [0.29, 0.717) is 24.0 Å². The molecule has 0 spiro atoms. The molecule has 0 saturated heterocycles. The molecule has 2 aromatic rings. The monoisotopic (exact) mass is 295 g/mol. The van der Waals surface area contributed by atoms with Crippen molar-refractivity contribution in [3.8, 4) is 0 Å². The first-order valence-corrected chi connectivity index (χ1v) is 6.54. The van der Waals surface area contributed by atoms with E-state index in [2.05, 4.69) is 15.9 Å². The summed E-state index contributed by atoms with van der Waals surface area (Å²) in [6.07, 6.45) is 0. The van der Waals surface area contributed by atoms with Gasteiger partial charge in [0.05, 0.1) is 11.6 Å². The van der Waals surface area contributed by atoms with Gasteiger partial charge in [0, 0.05) is 12.5 Å². The van der Waals surface area contributed by atoms with Crippen LogP contribution in [-0.4, -0.2) is 18.2 Å². The average molecular weight is 296 g/mol. The zero-order valence-corrected chi connectivity index (χ0v) is 12.1. The van der Waals surface area contributed by atoms with E-state index < -0.39 is 0 Å². The summed E-state index contributed by atoms with van der Waals surface area (Å²) in [4.78, 5) is 11.1. The summed E-state index contributed by atoms with van der Waals surface area (Å²) < 4.78 is 6.84. The number of nitrogens with one attached hydrogen (secondary N) is 2. The minimum absolute atomic E-state index is 0.205. The first-order valence-electron chi connectivity index (χ1n) is 6.16. The number of anilines is 1. The number of carbonyl (C=O) groups is 1. The van der Waals surface area contributed by atoms with E-state index in [4.69, 9.17) is 16.1 Å². The molecule has 6 nitrogen and oxygen atoms in total. The Bertz CT molecular complexity index is 612. The number of carbonyl (C=O) groups excluding carboxylic acids is 1. The van der Waals surface area contributed by atoms with Crippen LogP contribution in [0.5, 0.6) is 0 Å². The Hall–Kier alpha value is -1.92. The van der Waals surface area contributed by atoms with Gasteiger partial charge in [0.15, 0.2) is 0 Å². The van der Waals surface area contributed by atoms with Gasteiger partial charge in [-0.05, 0) is 17.8 Å². The first kappa shape index (κ1) is 14.5. The number of nitrogens with zero attached hydrogens (tertiary/aromatic N) is 2. The molecule has 0 atom stereocenters. The Morgan fingerprint density at radius 3 is 2.85 bits per heavy atom. The second-order valence-electron chi connectivity index (χ2n) is 4.31. The maximum Gasteiger partial charge on any atom is 0.306 e. The smallest absolute Gasteiger partial charge is 0.306 e. The zero-order valence-electron chi connectivity index (χ0n) is 11.3. The summed E-state index contributed by atoms with van der Waals surface area (Å²) in [5, 5.41) is 10.3. The number of aromatic nitrogens is 2. The van der Waals surface area contributed by atoms with Gasteiger partial charge in [-0.3, -0.25) is 14.6 Å². The summed E-state index contributed by atoms with van der Waals surface area (Å²) in [5.41, 5.74) is 1.68. The molecule has 1 aromatic carbocycles. The second-order valence-corrected chi connectivity index (χ2v) is 4.72. The maximum absolute atomic E-state index is 11.1. The summed E-state index contributed by atoms with van der Waals surface area (Å²) in [5.74, 6) is 0.141. The molecule has 0 bridgehead atoms. The topological polar surface area (TPSA) is 71.0 Å². The molecule has 1 heterocycles. The van der Waals surface area contributed by atoms with E-state index in [9.17, 15) is 4.79 Å². The molecule has 2 N–H and O–H groups in total. The minimum atomic E-state index is -0.205. The van der Waals surface area contributed by atoms with Crippen LogP contribution in [0.4, 0.5) is 5.88 Å². The molecule has 0 aliphatic carbocycles. The molecule has 20 heavy (non-hydrogen) atoms. The maximum atomic E-state index is 11.1. The minimum Gasteiger partial charge on any atom is -0.310 e. The fourth-order valence-electron chi connectivity index (χ4n) is 1.82. The van der Waals surface area contributed by atoms with Gasteiger partial charge in [0.25, 0.3) is 5.69 Å². The van der Waals surface area contributed by atoms with E-state index >= 15 is 0 Å². The van der Waals surface area contributed by atoms with Gasteiger partial charge in [-0.15, -0.1) is 0 Å². The van der Waals surface area contributed by atoms with Crippen molar-refractivity contribution in [1.82, 2.24) is 10.6 Å². The highest BCUT2D eigenvalue weighted by Crippen LogP contribution is 2.16. The van der Waals surface area contributed by atoms with Gasteiger partial charge in [-0.1, -0.05) is 29.8 Å². The van der Waals surface area contributed by atoms with Gasteiger partial charge in [-0.25, -0.2) is 0 Å². The fraction of sp³-hybridized carbons (Fsp3) is 0.308. The van der Waals surface area contributed by atoms with Crippen LogP contribution in [0.25, 0.3) is 0 Å². The molecule has 0 saturated carbocycles. The molecule has 1 amide bonds. The average Bonchev–Trinajstić information content (AvgIpc) is 2.75. The molecule has 106 valence electrons. The van der Waals surface area contributed by atoms with Crippen LogP contribution < -0.4 is 15.3 Å². The van der Waals surface area contributed by atoms with Crippen LogP contribution in [0.15, 0.2) is 28.8 Å². The third kappa shape index (κ3) is 3.34. The number of hydrogen-bond donors (Lipinski definition) is 2. The standard InChI is InChI=1S/C13H15ClN4O2/c1-9(19)16-13-12(7-15-2)18(17-20-13)8-10-5-3-4-6-11(10)14/h3-6,15H,7-8H2,1-2H3/p+1. The number of halogens is 1. The lowest BCUT2D eigenvalue weighted by molar-refractivity contribution is -0.760. The second kappa shape index (κ2) is 6.49. The SMILES string of the molecule is CNCc1c(NC(C)=O)on[n+]1Cc1ccccc1Cl. The van der Waals surface area contributed by atoms with Gasteiger partial charge < -0.3 is 5.32 Å². The predicted molar refractivity (Wildman–Crippen MR) is 74.3 cm³/mol. The van der Waals surface area contributed by atoms with Crippen molar-refractivity contribution >= 4 is 23.4 Å². The fourth-order valence-corrected chi connectivity index (χ4v) is 2.01. The molecular formula is C13H16ClN4O2+. The van der Waals surface area contributed by atoms with Crippen LogP contribution in [0.1, 0.15) is 18.2 Å². The third-order valence-corrected chi connectivity index (χ3v) is 3.08. The molecule has 0 fully saturated rings. The molecular weight excluding hydrogens is 280 g/mol. The van der Waals surface area contributed by atoms with Crippen LogP contribution in [0.3, 0.4) is 0 Å². The highest BCUT2D eigenvalue weighted by molar-refractivity contribution is 6.31. The first-order chi connectivity index (χ1) is 9.61. The number of amides is 1. The molecule has 0 radical (unpaired) electrons. The Balaban J connectivity index is 2.29. The number of rotatable bonds is 5. The van der Waals surface area contributed by atoms with Crippen LogP contribution in [0.2, 0.25) is 5.02 Å². The molecule has 7 heteroatoms. The Kier molecular flexibility index (Phi) is 4.70. The van der Waals surface area contributed by atoms with Crippen molar-refractivity contribution in [2.45, 2.75) is 20.0 Å². The van der Waals surface area contributed by atoms with Gasteiger partial charge >= 0.3 is 5.88 Å². The van der Waals surface area contributed by atoms with E-state index in [1.807, 2.05) is 31.3 Å². The van der Waals surface area contributed by atoms with E-state index in [-0.39, 0.29) is 5.91 Å². The van der Waals surface area contributed by atoms with Crippen molar-refractivity contribution in [2.75, 3.05) is 12.4 Å². The highest BCUT2D eigenvalue weighted by Gasteiger charge is 2.25. The van der Waals surface area contributed by atoms with E-state index in [1.54, 1.807) is 4.68 Å². The van der Waals surface area contributed by atoms with E-state index in [0.717, 1.165) is 11.3 Å². The van der Waals surface area contributed by atoms with Crippen molar-refractivity contribution in [1.29, 1.82) is 0 Å². The van der Waals surface area contributed by atoms with Crippen LogP contribution in [0, 0.1) is 0 Å². The summed E-state index contributed by atoms with van der Waals surface area (Å²) in [7, 11) is 1.81. The molecule has 1 aromatic heterocycles. The zero-order chi connectivity index (χ0) is 14.5. The quantitative estimate of drug-likeness (QED) is 0.817. The number of hydrogen-bond acceptors (Lipinski definition) is 4. The Morgan fingerprint density at radius 2 is 2.20 bits per heavy atom. The van der Waals surface area contributed by atoms with Crippen molar-refractivity contribution in [2.24, 2.45) is 0 Å². The van der Waals surface area contributed by atoms with Crippen molar-refractivity contribution in [3.05, 3.63) is 40.5 Å². The van der Waals surface area contributed by atoms with Gasteiger partial charge in [-0.2, -0.15) is 0 Å². The predicted octanol–water partition coefficient (Wildman–Crippen LogP) is 1.34. The lowest BCUT2D eigenvalue weighted by atomic mass is 10.2. The van der Waals surface area contributed by atoms with Crippen LogP contribution >= 0.6 is 11.6 Å². The van der Waals surface area contributed by atoms with Crippen LogP contribution in [-0.2, 0) is 17.9 Å². The number of benzene rings is 1. The summed E-state index contributed by atoms with van der Waals surface area (Å²) >= 11 is 6.14. The molecule has 0 aliphatic rings. The van der Waals surface area contributed by atoms with Crippen molar-refractivity contribution < 1.29 is 14.0 Å². The van der Waals surface area contributed by atoms with Gasteiger partial charge in [0.2, 0.25) is 17.7 Å². The normalized spacial score (nSPS) is 10.6. The Morgan fingerprint density at radius 1 is 1.45 bits per heavy atom. The molecule has 0 unspecified atom stereocenters. The third-order valence-electron chi connectivity index (χ3n) is 2.72. The lowest BCUT2D eigenvalue weighted by Gasteiger charge is -1.99. The highest BCUT2D eigenvalue weighted by atomic mass is 35.5. The molecule has 2 rings (SSSR count). The largest absolute Gasteiger partial charge is 0.310 e. The van der Waals surface area contributed by atoms with E-state index in [1.165, 1.54) is 6.92 Å². The van der Waals surface area contributed by atoms with Crippen molar-refractivity contribution in [3.63, 3.8) is 0 Å².